The maximum atomic E-state index is 12.7. The van der Waals surface area contributed by atoms with Crippen LogP contribution in [0, 0.1) is 17.2 Å². The monoisotopic (exact) mass is 444 g/mol. The quantitative estimate of drug-likeness (QED) is 0.679. The third-order valence-electron chi connectivity index (χ3n) is 5.24. The Hall–Kier alpha value is -3.19. The molecule has 0 saturated carbocycles. The number of carbonyl (C=O) groups excluding carboxylic acids is 2. The number of anilines is 1. The molecule has 164 valence electrons. The van der Waals surface area contributed by atoms with Gasteiger partial charge in [-0.25, -0.2) is 14.2 Å². The van der Waals surface area contributed by atoms with E-state index in [1.807, 2.05) is 0 Å². The molecule has 1 amide bonds. The molecule has 1 N–H and O–H groups in total. The Bertz CT molecular complexity index is 1180. The van der Waals surface area contributed by atoms with Crippen molar-refractivity contribution in [2.45, 2.75) is 53.1 Å². The lowest BCUT2D eigenvalue weighted by atomic mass is 9.88. The zero-order valence-corrected chi connectivity index (χ0v) is 18.5. The number of esters is 1. The minimum atomic E-state index is -0.822. The second-order valence-corrected chi connectivity index (χ2v) is 8.54. The predicted molar refractivity (Wildman–Crippen MR) is 115 cm³/mol. The Morgan fingerprint density at radius 3 is 2.74 bits per heavy atom. The molecule has 3 rings (SSSR count). The van der Waals surface area contributed by atoms with Gasteiger partial charge in [-0.2, -0.15) is 5.26 Å². The van der Waals surface area contributed by atoms with Crippen LogP contribution in [0.1, 0.15) is 53.6 Å². The minimum Gasteiger partial charge on any atom is -0.462 e. The molecule has 9 nitrogen and oxygen atoms in total. The number of hydrogen-bond acceptors (Lipinski definition) is 7. The molecule has 1 atom stereocenters. The number of nitrogens with one attached hydrogen (secondary N) is 1. The summed E-state index contributed by atoms with van der Waals surface area (Å²) in [5, 5.41) is 12.2. The molecule has 0 fully saturated rings. The molecule has 31 heavy (non-hydrogen) atoms. The number of amides is 1. The van der Waals surface area contributed by atoms with Gasteiger partial charge in [0.2, 0.25) is 5.91 Å². The number of ether oxygens (including phenoxy) is 1. The fraction of sp³-hybridized carbons (Fsp3) is 0.476. The smallest absolute Gasteiger partial charge is 0.341 e. The van der Waals surface area contributed by atoms with E-state index < -0.39 is 29.7 Å². The highest BCUT2D eigenvalue weighted by atomic mass is 32.1. The van der Waals surface area contributed by atoms with E-state index >= 15 is 0 Å². The predicted octanol–water partition coefficient (Wildman–Crippen LogP) is 1.90. The largest absolute Gasteiger partial charge is 0.462 e. The van der Waals surface area contributed by atoms with Crippen LogP contribution in [0.4, 0.5) is 5.00 Å². The third-order valence-corrected chi connectivity index (χ3v) is 6.41. The van der Waals surface area contributed by atoms with E-state index in [0.717, 1.165) is 34.3 Å². The lowest BCUT2D eigenvalue weighted by Crippen LogP contribution is -2.43. The standard InChI is InChI=1S/C21H24N4O5S/c1-4-24-10-13(9-22)19(27)25(21(24)29)11-16(26)23-18-17(20(28)30-5-2)14-7-6-12(3)8-15(14)31-18/h10,12H,4-8,11H2,1-3H3,(H,23,26)/t12-/m0/s1. The van der Waals surface area contributed by atoms with E-state index in [9.17, 15) is 19.2 Å². The minimum absolute atomic E-state index is 0.208. The van der Waals surface area contributed by atoms with Gasteiger partial charge >= 0.3 is 11.7 Å². The van der Waals surface area contributed by atoms with Gasteiger partial charge in [0.25, 0.3) is 5.56 Å². The van der Waals surface area contributed by atoms with Crippen molar-refractivity contribution in [2.75, 3.05) is 11.9 Å². The molecule has 0 unspecified atom stereocenters. The number of carbonyl (C=O) groups is 2. The lowest BCUT2D eigenvalue weighted by Gasteiger charge is -2.18. The van der Waals surface area contributed by atoms with E-state index in [0.29, 0.717) is 16.5 Å². The molecule has 10 heteroatoms. The second-order valence-electron chi connectivity index (χ2n) is 7.44. The van der Waals surface area contributed by atoms with Gasteiger partial charge < -0.3 is 10.1 Å². The molecule has 1 aliphatic carbocycles. The van der Waals surface area contributed by atoms with Gasteiger partial charge in [0, 0.05) is 17.6 Å². The van der Waals surface area contributed by atoms with Crippen LogP contribution in [0.2, 0.25) is 0 Å². The summed E-state index contributed by atoms with van der Waals surface area (Å²) in [6.07, 6.45) is 3.66. The number of hydrogen-bond donors (Lipinski definition) is 1. The number of aryl methyl sites for hydroxylation is 1. The van der Waals surface area contributed by atoms with Crippen LogP contribution >= 0.6 is 11.3 Å². The van der Waals surface area contributed by atoms with E-state index in [1.165, 1.54) is 22.1 Å². The van der Waals surface area contributed by atoms with Crippen molar-refractivity contribution in [3.63, 3.8) is 0 Å². The van der Waals surface area contributed by atoms with Gasteiger partial charge in [0.05, 0.1) is 12.2 Å². The Kier molecular flexibility index (Phi) is 6.75. The first-order valence-corrected chi connectivity index (χ1v) is 11.0. The van der Waals surface area contributed by atoms with Gasteiger partial charge in [-0.3, -0.25) is 14.2 Å². The molecule has 2 heterocycles. The Morgan fingerprint density at radius 1 is 1.35 bits per heavy atom. The fourth-order valence-corrected chi connectivity index (χ4v) is 5.08. The molecule has 2 aromatic rings. The second kappa shape index (κ2) is 9.31. The number of aromatic nitrogens is 2. The Morgan fingerprint density at radius 2 is 2.10 bits per heavy atom. The van der Waals surface area contributed by atoms with Gasteiger partial charge in [0.15, 0.2) is 0 Å². The highest BCUT2D eigenvalue weighted by Gasteiger charge is 2.29. The van der Waals surface area contributed by atoms with E-state index in [2.05, 4.69) is 12.2 Å². The van der Waals surface area contributed by atoms with Crippen molar-refractivity contribution >= 4 is 28.2 Å². The number of nitriles is 1. The summed E-state index contributed by atoms with van der Waals surface area (Å²) in [4.78, 5) is 51.3. The van der Waals surface area contributed by atoms with Crippen molar-refractivity contribution in [3.8, 4) is 6.07 Å². The zero-order chi connectivity index (χ0) is 22.7. The molecule has 0 radical (unpaired) electrons. The average Bonchev–Trinajstić information content (AvgIpc) is 3.08. The fourth-order valence-electron chi connectivity index (χ4n) is 3.66. The summed E-state index contributed by atoms with van der Waals surface area (Å²) in [7, 11) is 0. The highest BCUT2D eigenvalue weighted by molar-refractivity contribution is 7.17. The average molecular weight is 445 g/mol. The van der Waals surface area contributed by atoms with Gasteiger partial charge in [0.1, 0.15) is 23.2 Å². The zero-order valence-electron chi connectivity index (χ0n) is 17.7. The normalized spacial score (nSPS) is 15.1. The molecule has 0 spiro atoms. The first-order chi connectivity index (χ1) is 14.8. The van der Waals surface area contributed by atoms with E-state index in [-0.39, 0.29) is 18.7 Å². The molecule has 0 aromatic carbocycles. The molecule has 0 saturated heterocycles. The van der Waals surface area contributed by atoms with Crippen LogP contribution < -0.4 is 16.6 Å². The first-order valence-electron chi connectivity index (χ1n) is 10.2. The summed E-state index contributed by atoms with van der Waals surface area (Å²) in [5.74, 6) is -0.652. The van der Waals surface area contributed by atoms with Crippen molar-refractivity contribution in [2.24, 2.45) is 5.92 Å². The highest BCUT2D eigenvalue weighted by Crippen LogP contribution is 2.40. The van der Waals surface area contributed by atoms with Crippen LogP contribution in [-0.2, 0) is 35.5 Å². The van der Waals surface area contributed by atoms with E-state index in [4.69, 9.17) is 10.00 Å². The van der Waals surface area contributed by atoms with Crippen LogP contribution in [0.3, 0.4) is 0 Å². The molecule has 1 aliphatic rings. The summed E-state index contributed by atoms with van der Waals surface area (Å²) < 4.78 is 7.12. The van der Waals surface area contributed by atoms with Crippen LogP contribution in [0.15, 0.2) is 15.8 Å². The van der Waals surface area contributed by atoms with Gasteiger partial charge in [-0.15, -0.1) is 11.3 Å². The van der Waals surface area contributed by atoms with Crippen LogP contribution in [0.25, 0.3) is 0 Å². The molecule has 0 bridgehead atoms. The first kappa shape index (κ1) is 22.5. The summed E-state index contributed by atoms with van der Waals surface area (Å²) in [6, 6.07) is 1.75. The van der Waals surface area contributed by atoms with E-state index in [1.54, 1.807) is 19.9 Å². The molecular weight excluding hydrogens is 420 g/mol. The number of thiophene rings is 1. The maximum Gasteiger partial charge on any atom is 0.341 e. The SMILES string of the molecule is CCOC(=O)c1c(NC(=O)Cn2c(=O)c(C#N)cn(CC)c2=O)sc2c1CC[C@H](C)C2. The van der Waals surface area contributed by atoms with Crippen molar-refractivity contribution < 1.29 is 14.3 Å². The number of rotatable bonds is 6. The molecule has 2 aromatic heterocycles. The Labute approximate surface area is 182 Å². The molecule has 0 aliphatic heterocycles. The van der Waals surface area contributed by atoms with Crippen molar-refractivity contribution in [1.82, 2.24) is 9.13 Å². The summed E-state index contributed by atoms with van der Waals surface area (Å²) >= 11 is 1.33. The van der Waals surface area contributed by atoms with Crippen LogP contribution in [-0.4, -0.2) is 27.6 Å². The number of nitrogens with zero attached hydrogens (tertiary/aromatic N) is 3. The lowest BCUT2D eigenvalue weighted by molar-refractivity contribution is -0.116. The van der Waals surface area contributed by atoms with Crippen molar-refractivity contribution in [1.29, 1.82) is 5.26 Å². The topological polar surface area (TPSA) is 123 Å². The molecular formula is C21H24N4O5S. The summed E-state index contributed by atoms with van der Waals surface area (Å²) in [6.45, 7) is 5.44. The van der Waals surface area contributed by atoms with Crippen molar-refractivity contribution in [3.05, 3.63) is 48.6 Å². The third kappa shape index (κ3) is 4.46. The Balaban J connectivity index is 1.95. The number of fused-ring (bicyclic) bond motifs is 1. The summed E-state index contributed by atoms with van der Waals surface area (Å²) in [5.41, 5.74) is -0.467. The van der Waals surface area contributed by atoms with Crippen LogP contribution in [0.5, 0.6) is 0 Å². The van der Waals surface area contributed by atoms with Gasteiger partial charge in [-0.05, 0) is 44.6 Å². The van der Waals surface area contributed by atoms with Gasteiger partial charge in [-0.1, -0.05) is 6.92 Å². The maximum absolute atomic E-state index is 12.7.